The maximum absolute atomic E-state index is 11.2. The van der Waals surface area contributed by atoms with Gasteiger partial charge in [-0.05, 0) is 0 Å². The molecule has 1 aliphatic rings. The fourth-order valence-corrected chi connectivity index (χ4v) is 1.07. The van der Waals surface area contributed by atoms with Crippen molar-refractivity contribution in [3.63, 3.8) is 0 Å². The number of nitrogens with zero attached hydrogens (tertiary/aromatic N) is 1. The molecule has 5 nitrogen and oxygen atoms in total. The highest BCUT2D eigenvalue weighted by Crippen LogP contribution is 2.16. The Morgan fingerprint density at radius 2 is 2.58 bits per heavy atom. The van der Waals surface area contributed by atoms with E-state index in [1.54, 1.807) is 0 Å². The molecule has 1 unspecified atom stereocenters. The summed E-state index contributed by atoms with van der Waals surface area (Å²) in [7, 11) is 0. The Kier molecular flexibility index (Phi) is 1.79. The van der Waals surface area contributed by atoms with E-state index >= 15 is 0 Å². The van der Waals surface area contributed by atoms with Gasteiger partial charge in [-0.2, -0.15) is 0 Å². The zero-order valence-electron chi connectivity index (χ0n) is 6.32. The Labute approximate surface area is 68.7 Å². The quantitative estimate of drug-likeness (QED) is 0.634. The van der Waals surface area contributed by atoms with Crippen LogP contribution in [-0.4, -0.2) is 24.0 Å². The molecular weight excluding hydrogens is 160 g/mol. The van der Waals surface area contributed by atoms with Crippen LogP contribution in [0.3, 0.4) is 0 Å². The standard InChI is InChI=1S/C7H8N2O3/c10-6-5(11-3-1-8-6)7-9-2-4-12-7/h2,4-5H,1,3H2,(H,8,10). The molecule has 0 aromatic carbocycles. The largest absolute Gasteiger partial charge is 0.446 e. The second-order valence-electron chi connectivity index (χ2n) is 2.41. The fourth-order valence-electron chi connectivity index (χ4n) is 1.07. The van der Waals surface area contributed by atoms with Crippen molar-refractivity contribution in [1.29, 1.82) is 0 Å². The number of aromatic nitrogens is 1. The Morgan fingerprint density at radius 1 is 1.67 bits per heavy atom. The number of amides is 1. The van der Waals surface area contributed by atoms with Crippen LogP contribution in [-0.2, 0) is 9.53 Å². The van der Waals surface area contributed by atoms with Gasteiger partial charge in [-0.15, -0.1) is 0 Å². The lowest BCUT2D eigenvalue weighted by molar-refractivity contribution is -0.139. The summed E-state index contributed by atoms with van der Waals surface area (Å²) in [6, 6.07) is 0. The molecule has 1 aliphatic heterocycles. The molecule has 1 amide bonds. The number of carbonyl (C=O) groups excluding carboxylic acids is 1. The summed E-state index contributed by atoms with van der Waals surface area (Å²) in [4.78, 5) is 15.0. The molecule has 1 atom stereocenters. The average Bonchev–Trinajstić information content (AvgIpc) is 2.57. The van der Waals surface area contributed by atoms with Crippen molar-refractivity contribution in [2.45, 2.75) is 6.10 Å². The van der Waals surface area contributed by atoms with Gasteiger partial charge in [-0.25, -0.2) is 4.98 Å². The minimum Gasteiger partial charge on any atom is -0.446 e. The van der Waals surface area contributed by atoms with Gasteiger partial charge < -0.3 is 14.5 Å². The van der Waals surface area contributed by atoms with E-state index in [9.17, 15) is 4.79 Å². The maximum atomic E-state index is 11.2. The smallest absolute Gasteiger partial charge is 0.258 e. The van der Waals surface area contributed by atoms with Crippen molar-refractivity contribution in [3.05, 3.63) is 18.4 Å². The number of ether oxygens (including phenoxy) is 1. The van der Waals surface area contributed by atoms with Gasteiger partial charge in [0, 0.05) is 6.54 Å². The van der Waals surface area contributed by atoms with Gasteiger partial charge >= 0.3 is 0 Å². The monoisotopic (exact) mass is 168 g/mol. The van der Waals surface area contributed by atoms with E-state index in [4.69, 9.17) is 9.15 Å². The lowest BCUT2D eigenvalue weighted by atomic mass is 10.3. The summed E-state index contributed by atoms with van der Waals surface area (Å²) in [5, 5.41) is 2.66. The van der Waals surface area contributed by atoms with Crippen LogP contribution in [0.4, 0.5) is 0 Å². The van der Waals surface area contributed by atoms with Crippen molar-refractivity contribution >= 4 is 5.91 Å². The van der Waals surface area contributed by atoms with Crippen LogP contribution in [0.5, 0.6) is 0 Å². The minimum atomic E-state index is -0.672. The van der Waals surface area contributed by atoms with E-state index in [1.807, 2.05) is 0 Å². The first-order valence-electron chi connectivity index (χ1n) is 3.66. The number of carbonyl (C=O) groups is 1. The number of morpholine rings is 1. The van der Waals surface area contributed by atoms with E-state index in [-0.39, 0.29) is 5.91 Å². The molecule has 0 radical (unpaired) electrons. The first-order valence-corrected chi connectivity index (χ1v) is 3.66. The molecule has 12 heavy (non-hydrogen) atoms. The highest BCUT2D eigenvalue weighted by Gasteiger charge is 2.28. The zero-order chi connectivity index (χ0) is 8.39. The SMILES string of the molecule is O=C1NCCOC1c1ncco1. The van der Waals surface area contributed by atoms with E-state index in [1.165, 1.54) is 12.5 Å². The van der Waals surface area contributed by atoms with Gasteiger partial charge in [0.15, 0.2) is 0 Å². The summed E-state index contributed by atoms with van der Waals surface area (Å²) in [5.41, 5.74) is 0. The highest BCUT2D eigenvalue weighted by atomic mass is 16.5. The lowest BCUT2D eigenvalue weighted by Gasteiger charge is -2.19. The van der Waals surface area contributed by atoms with E-state index < -0.39 is 6.10 Å². The molecule has 1 saturated heterocycles. The van der Waals surface area contributed by atoms with Gasteiger partial charge in [0.05, 0.1) is 12.8 Å². The second kappa shape index (κ2) is 2.94. The van der Waals surface area contributed by atoms with E-state index in [2.05, 4.69) is 10.3 Å². The summed E-state index contributed by atoms with van der Waals surface area (Å²) in [5.74, 6) is 0.121. The zero-order valence-corrected chi connectivity index (χ0v) is 6.32. The van der Waals surface area contributed by atoms with Crippen LogP contribution in [0.2, 0.25) is 0 Å². The van der Waals surface area contributed by atoms with Crippen LogP contribution in [0, 0.1) is 0 Å². The van der Waals surface area contributed by atoms with Crippen molar-refractivity contribution < 1.29 is 13.9 Å². The van der Waals surface area contributed by atoms with Crippen LogP contribution < -0.4 is 5.32 Å². The third-order valence-electron chi connectivity index (χ3n) is 1.60. The third kappa shape index (κ3) is 1.18. The summed E-state index contributed by atoms with van der Waals surface area (Å²) in [6.07, 6.45) is 2.23. The highest BCUT2D eigenvalue weighted by molar-refractivity contribution is 5.81. The number of rotatable bonds is 1. The molecule has 64 valence electrons. The van der Waals surface area contributed by atoms with Gasteiger partial charge in [-0.3, -0.25) is 4.79 Å². The first kappa shape index (κ1) is 7.30. The number of hydrogen-bond donors (Lipinski definition) is 1. The summed E-state index contributed by atoms with van der Waals surface area (Å²) in [6.45, 7) is 1.05. The summed E-state index contributed by atoms with van der Waals surface area (Å²) >= 11 is 0. The lowest BCUT2D eigenvalue weighted by Crippen LogP contribution is -2.39. The van der Waals surface area contributed by atoms with Gasteiger partial charge in [0.2, 0.25) is 12.0 Å². The number of nitrogens with one attached hydrogen (secondary N) is 1. The Bertz CT molecular complexity index is 270. The predicted octanol–water partition coefficient (Wildman–Crippen LogP) is -0.138. The average molecular weight is 168 g/mol. The predicted molar refractivity (Wildman–Crippen MR) is 38.2 cm³/mol. The molecular formula is C7H8N2O3. The molecule has 1 aromatic rings. The van der Waals surface area contributed by atoms with Crippen molar-refractivity contribution in [2.24, 2.45) is 0 Å². The second-order valence-corrected chi connectivity index (χ2v) is 2.41. The van der Waals surface area contributed by atoms with Crippen LogP contribution in [0.1, 0.15) is 12.0 Å². The topological polar surface area (TPSA) is 64.4 Å². The van der Waals surface area contributed by atoms with Crippen LogP contribution in [0.15, 0.2) is 16.9 Å². The normalized spacial score (nSPS) is 23.7. The van der Waals surface area contributed by atoms with Gasteiger partial charge in [0.1, 0.15) is 6.26 Å². The first-order chi connectivity index (χ1) is 5.88. The number of hydrogen-bond acceptors (Lipinski definition) is 4. The molecule has 0 spiro atoms. The van der Waals surface area contributed by atoms with Crippen LogP contribution in [0.25, 0.3) is 0 Å². The van der Waals surface area contributed by atoms with Crippen LogP contribution >= 0.6 is 0 Å². The molecule has 2 rings (SSSR count). The van der Waals surface area contributed by atoms with Crippen molar-refractivity contribution in [2.75, 3.05) is 13.2 Å². The Balaban J connectivity index is 2.17. The van der Waals surface area contributed by atoms with Crippen molar-refractivity contribution in [1.82, 2.24) is 10.3 Å². The Morgan fingerprint density at radius 3 is 3.25 bits per heavy atom. The van der Waals surface area contributed by atoms with Gasteiger partial charge in [-0.1, -0.05) is 0 Å². The maximum Gasteiger partial charge on any atom is 0.258 e. The van der Waals surface area contributed by atoms with E-state index in [0.717, 1.165) is 0 Å². The molecule has 0 bridgehead atoms. The minimum absolute atomic E-state index is 0.191. The summed E-state index contributed by atoms with van der Waals surface area (Å²) < 4.78 is 10.1. The third-order valence-corrected chi connectivity index (χ3v) is 1.60. The van der Waals surface area contributed by atoms with E-state index in [0.29, 0.717) is 19.0 Å². The Hall–Kier alpha value is -1.36. The fraction of sp³-hybridized carbons (Fsp3) is 0.429. The molecule has 2 heterocycles. The van der Waals surface area contributed by atoms with Gasteiger partial charge in [0.25, 0.3) is 5.91 Å². The number of oxazole rings is 1. The van der Waals surface area contributed by atoms with Crippen molar-refractivity contribution in [3.8, 4) is 0 Å². The molecule has 0 saturated carbocycles. The molecule has 1 N–H and O–H groups in total. The molecule has 1 fully saturated rings. The molecule has 1 aromatic heterocycles. The molecule has 5 heteroatoms. The molecule has 0 aliphatic carbocycles.